The molecule has 3 N–H and O–H groups in total. The number of hydrogen-bond donors (Lipinski definition) is 2. The molecule has 0 aromatic rings. The van der Waals surface area contributed by atoms with Crippen LogP contribution in [0.5, 0.6) is 0 Å². The smallest absolute Gasteiger partial charge is 0.236 e. The van der Waals surface area contributed by atoms with E-state index in [9.17, 15) is 4.79 Å². The van der Waals surface area contributed by atoms with E-state index in [4.69, 9.17) is 5.73 Å². The van der Waals surface area contributed by atoms with Gasteiger partial charge in [0, 0.05) is 12.1 Å². The van der Waals surface area contributed by atoms with Crippen molar-refractivity contribution < 1.29 is 4.79 Å². The first-order valence-electron chi connectivity index (χ1n) is 5.87. The van der Waals surface area contributed by atoms with Crippen LogP contribution in [0.2, 0.25) is 0 Å². The molecule has 4 heteroatoms. The quantitative estimate of drug-likeness (QED) is 0.709. The summed E-state index contributed by atoms with van der Waals surface area (Å²) >= 11 is 0. The Morgan fingerprint density at radius 3 is 2.25 bits per heavy atom. The second-order valence-electron chi connectivity index (χ2n) is 5.66. The van der Waals surface area contributed by atoms with Gasteiger partial charge in [-0.2, -0.15) is 0 Å². The molecule has 0 aliphatic heterocycles. The number of likely N-dealkylation sites (N-methyl/N-ethyl adjacent to an activating group) is 1. The van der Waals surface area contributed by atoms with E-state index in [1.165, 1.54) is 0 Å². The van der Waals surface area contributed by atoms with Gasteiger partial charge < -0.3 is 16.0 Å². The highest BCUT2D eigenvalue weighted by Crippen LogP contribution is 2.08. The van der Waals surface area contributed by atoms with Crippen molar-refractivity contribution in [1.29, 1.82) is 0 Å². The predicted molar refractivity (Wildman–Crippen MR) is 68.2 cm³/mol. The van der Waals surface area contributed by atoms with Gasteiger partial charge in [-0.25, -0.2) is 0 Å². The van der Waals surface area contributed by atoms with Crippen molar-refractivity contribution in [2.24, 2.45) is 11.7 Å². The van der Waals surface area contributed by atoms with E-state index in [1.807, 2.05) is 14.1 Å². The highest BCUT2D eigenvalue weighted by atomic mass is 16.2. The number of carbonyl (C=O) groups is 1. The van der Waals surface area contributed by atoms with E-state index in [-0.39, 0.29) is 11.4 Å². The number of rotatable bonds is 6. The zero-order valence-corrected chi connectivity index (χ0v) is 11.5. The third-order valence-corrected chi connectivity index (χ3v) is 2.97. The number of amides is 1. The Morgan fingerprint density at radius 1 is 1.38 bits per heavy atom. The van der Waals surface area contributed by atoms with Crippen molar-refractivity contribution in [2.45, 2.75) is 45.7 Å². The molecule has 0 rings (SSSR count). The summed E-state index contributed by atoms with van der Waals surface area (Å²) in [6.07, 6.45) is 0.730. The predicted octanol–water partition coefficient (Wildman–Crippen LogP) is 0.816. The summed E-state index contributed by atoms with van der Waals surface area (Å²) in [6, 6.07) is -0.391. The first kappa shape index (κ1) is 15.4. The van der Waals surface area contributed by atoms with Crippen molar-refractivity contribution >= 4 is 5.91 Å². The molecule has 0 aromatic carbocycles. The normalized spacial score (nSPS) is 14.3. The highest BCUT2D eigenvalue weighted by Gasteiger charge is 2.23. The summed E-state index contributed by atoms with van der Waals surface area (Å²) in [5.74, 6) is 0.395. The van der Waals surface area contributed by atoms with E-state index in [0.29, 0.717) is 12.5 Å². The fraction of sp³-hybridized carbons (Fsp3) is 0.917. The number of nitrogens with zero attached hydrogens (tertiary/aromatic N) is 1. The molecule has 96 valence electrons. The molecule has 1 amide bonds. The maximum Gasteiger partial charge on any atom is 0.236 e. The molecule has 0 bridgehead atoms. The summed E-state index contributed by atoms with van der Waals surface area (Å²) in [6.45, 7) is 8.92. The van der Waals surface area contributed by atoms with Gasteiger partial charge in [0.15, 0.2) is 0 Å². The second-order valence-corrected chi connectivity index (χ2v) is 5.66. The Hall–Kier alpha value is -0.610. The molecule has 4 nitrogen and oxygen atoms in total. The van der Waals surface area contributed by atoms with Crippen LogP contribution in [0.1, 0.15) is 34.1 Å². The van der Waals surface area contributed by atoms with Gasteiger partial charge in [-0.15, -0.1) is 0 Å². The van der Waals surface area contributed by atoms with Crippen LogP contribution in [-0.4, -0.2) is 43.0 Å². The SMILES string of the molecule is CC(C)C[C@@H](N)C(=O)NCC(C)(C)N(C)C. The summed E-state index contributed by atoms with van der Waals surface area (Å²) in [7, 11) is 4.00. The molecule has 0 saturated heterocycles. The van der Waals surface area contributed by atoms with Crippen LogP contribution in [0.4, 0.5) is 0 Å². The molecule has 0 saturated carbocycles. The minimum Gasteiger partial charge on any atom is -0.353 e. The average molecular weight is 229 g/mol. The van der Waals surface area contributed by atoms with E-state index >= 15 is 0 Å². The third kappa shape index (κ3) is 5.47. The van der Waals surface area contributed by atoms with Gasteiger partial charge in [0.05, 0.1) is 6.04 Å². The van der Waals surface area contributed by atoms with Crippen LogP contribution in [0.25, 0.3) is 0 Å². The highest BCUT2D eigenvalue weighted by molar-refractivity contribution is 5.81. The van der Waals surface area contributed by atoms with E-state index < -0.39 is 6.04 Å². The van der Waals surface area contributed by atoms with Gasteiger partial charge in [-0.1, -0.05) is 13.8 Å². The van der Waals surface area contributed by atoms with Gasteiger partial charge >= 0.3 is 0 Å². The van der Waals surface area contributed by atoms with Crippen LogP contribution in [-0.2, 0) is 4.79 Å². The monoisotopic (exact) mass is 229 g/mol. The summed E-state index contributed by atoms with van der Waals surface area (Å²) in [4.78, 5) is 13.8. The second kappa shape index (κ2) is 6.21. The standard InChI is InChI=1S/C12H27N3O/c1-9(2)7-10(13)11(16)14-8-12(3,4)15(5)6/h9-10H,7-8,13H2,1-6H3,(H,14,16)/t10-/m1/s1. The number of nitrogens with one attached hydrogen (secondary N) is 1. The molecule has 0 aliphatic carbocycles. The van der Waals surface area contributed by atoms with Gasteiger partial charge in [-0.05, 0) is 40.3 Å². The molecule has 0 aliphatic rings. The zero-order chi connectivity index (χ0) is 12.9. The lowest BCUT2D eigenvalue weighted by atomic mass is 10.0. The topological polar surface area (TPSA) is 58.4 Å². The molecule has 0 spiro atoms. The maximum atomic E-state index is 11.7. The van der Waals surface area contributed by atoms with Crippen LogP contribution < -0.4 is 11.1 Å². The molecular formula is C12H27N3O. The van der Waals surface area contributed by atoms with Gasteiger partial charge in [0.2, 0.25) is 5.91 Å². The molecule has 1 atom stereocenters. The summed E-state index contributed by atoms with van der Waals surface area (Å²) < 4.78 is 0. The number of carbonyl (C=O) groups excluding carboxylic acids is 1. The van der Waals surface area contributed by atoms with E-state index in [0.717, 1.165) is 6.42 Å². The van der Waals surface area contributed by atoms with Crippen molar-refractivity contribution in [2.75, 3.05) is 20.6 Å². The molecule has 0 radical (unpaired) electrons. The van der Waals surface area contributed by atoms with Gasteiger partial charge in [0.1, 0.15) is 0 Å². The van der Waals surface area contributed by atoms with Crippen molar-refractivity contribution in [3.05, 3.63) is 0 Å². The molecule has 16 heavy (non-hydrogen) atoms. The Bertz CT molecular complexity index is 224. The Kier molecular flexibility index (Phi) is 5.97. The Labute approximate surface area is 99.6 Å². The minimum absolute atomic E-state index is 0.0484. The molecule has 0 heterocycles. The zero-order valence-electron chi connectivity index (χ0n) is 11.5. The van der Waals surface area contributed by atoms with Gasteiger partial charge in [0.25, 0.3) is 0 Å². The lowest BCUT2D eigenvalue weighted by Crippen LogP contribution is -2.51. The maximum absolute atomic E-state index is 11.7. The number of hydrogen-bond acceptors (Lipinski definition) is 3. The largest absolute Gasteiger partial charge is 0.353 e. The van der Waals surface area contributed by atoms with Crippen molar-refractivity contribution in [3.8, 4) is 0 Å². The third-order valence-electron chi connectivity index (χ3n) is 2.97. The fourth-order valence-electron chi connectivity index (χ4n) is 1.21. The summed E-state index contributed by atoms with van der Waals surface area (Å²) in [5.41, 5.74) is 5.75. The molecular weight excluding hydrogens is 202 g/mol. The first-order valence-corrected chi connectivity index (χ1v) is 5.87. The lowest BCUT2D eigenvalue weighted by Gasteiger charge is -2.33. The molecule has 0 fully saturated rings. The minimum atomic E-state index is -0.391. The van der Waals surface area contributed by atoms with Gasteiger partial charge in [-0.3, -0.25) is 4.79 Å². The lowest BCUT2D eigenvalue weighted by molar-refractivity contribution is -0.123. The van der Waals surface area contributed by atoms with Crippen molar-refractivity contribution in [1.82, 2.24) is 10.2 Å². The van der Waals surface area contributed by atoms with E-state index in [1.54, 1.807) is 0 Å². The Morgan fingerprint density at radius 2 is 1.88 bits per heavy atom. The number of nitrogens with two attached hydrogens (primary N) is 1. The molecule has 0 unspecified atom stereocenters. The van der Waals surface area contributed by atoms with Crippen molar-refractivity contribution in [3.63, 3.8) is 0 Å². The molecule has 0 aromatic heterocycles. The fourth-order valence-corrected chi connectivity index (χ4v) is 1.21. The van der Waals surface area contributed by atoms with E-state index in [2.05, 4.69) is 37.9 Å². The van der Waals surface area contributed by atoms with Crippen LogP contribution in [0.15, 0.2) is 0 Å². The average Bonchev–Trinajstić information content (AvgIpc) is 2.12. The summed E-state index contributed by atoms with van der Waals surface area (Å²) in [5, 5.41) is 2.90. The van der Waals surface area contributed by atoms with Crippen LogP contribution in [0.3, 0.4) is 0 Å². The van der Waals surface area contributed by atoms with Crippen LogP contribution >= 0.6 is 0 Å². The first-order chi connectivity index (χ1) is 7.16. The van der Waals surface area contributed by atoms with Crippen LogP contribution in [0, 0.1) is 5.92 Å². The Balaban J connectivity index is 4.07.